The van der Waals surface area contributed by atoms with Crippen LogP contribution in [0.15, 0.2) is 42.5 Å². The van der Waals surface area contributed by atoms with Crippen LogP contribution in [0.25, 0.3) is 0 Å². The Balaban J connectivity index is 1.78. The molecule has 1 amide bonds. The van der Waals surface area contributed by atoms with E-state index in [1.807, 2.05) is 30.3 Å². The number of halogens is 1. The largest absolute Gasteiger partial charge is 0.493 e. The summed E-state index contributed by atoms with van der Waals surface area (Å²) in [6.45, 7) is 1.70. The maximum absolute atomic E-state index is 11.0. The SMILES string of the molecule is COc1cc(CN2CCCCC[C@H]2c2ccc(Cl)cc2)ccc1OCC(N)=O. The van der Waals surface area contributed by atoms with E-state index in [1.165, 1.54) is 24.8 Å². The number of likely N-dealkylation sites (tertiary alicyclic amines) is 1. The Morgan fingerprint density at radius 1 is 1.14 bits per heavy atom. The van der Waals surface area contributed by atoms with E-state index in [-0.39, 0.29) is 6.61 Å². The van der Waals surface area contributed by atoms with Gasteiger partial charge in [0.25, 0.3) is 5.91 Å². The van der Waals surface area contributed by atoms with Crippen LogP contribution in [0.4, 0.5) is 0 Å². The van der Waals surface area contributed by atoms with Crippen molar-refractivity contribution in [1.82, 2.24) is 4.90 Å². The maximum Gasteiger partial charge on any atom is 0.255 e. The van der Waals surface area contributed by atoms with Crippen molar-refractivity contribution in [2.24, 2.45) is 5.73 Å². The van der Waals surface area contributed by atoms with Crippen molar-refractivity contribution in [3.05, 3.63) is 58.6 Å². The second-order valence-electron chi connectivity index (χ2n) is 7.13. The molecule has 1 aliphatic rings. The van der Waals surface area contributed by atoms with E-state index in [9.17, 15) is 4.79 Å². The zero-order valence-corrected chi connectivity index (χ0v) is 17.0. The highest BCUT2D eigenvalue weighted by atomic mass is 35.5. The van der Waals surface area contributed by atoms with Crippen LogP contribution in [0.2, 0.25) is 5.02 Å². The molecule has 3 rings (SSSR count). The second kappa shape index (κ2) is 9.80. The summed E-state index contributed by atoms with van der Waals surface area (Å²) in [7, 11) is 1.60. The predicted molar refractivity (Wildman–Crippen MR) is 111 cm³/mol. The lowest BCUT2D eigenvalue weighted by Crippen LogP contribution is -2.28. The molecule has 0 spiro atoms. The van der Waals surface area contributed by atoms with Crippen LogP contribution in [0.3, 0.4) is 0 Å². The molecule has 28 heavy (non-hydrogen) atoms. The van der Waals surface area contributed by atoms with E-state index in [1.54, 1.807) is 7.11 Å². The number of benzene rings is 2. The van der Waals surface area contributed by atoms with Gasteiger partial charge in [-0.3, -0.25) is 9.69 Å². The number of carbonyl (C=O) groups excluding carboxylic acids is 1. The van der Waals surface area contributed by atoms with E-state index < -0.39 is 5.91 Å². The molecule has 0 radical (unpaired) electrons. The molecule has 1 atom stereocenters. The van der Waals surface area contributed by atoms with Crippen molar-refractivity contribution in [3.8, 4) is 11.5 Å². The average Bonchev–Trinajstić information content (AvgIpc) is 2.93. The molecule has 0 aliphatic carbocycles. The van der Waals surface area contributed by atoms with Crippen molar-refractivity contribution in [2.75, 3.05) is 20.3 Å². The topological polar surface area (TPSA) is 64.8 Å². The lowest BCUT2D eigenvalue weighted by atomic mass is 10.0. The van der Waals surface area contributed by atoms with E-state index in [4.69, 9.17) is 26.8 Å². The van der Waals surface area contributed by atoms with Crippen molar-refractivity contribution in [2.45, 2.75) is 38.3 Å². The molecule has 0 unspecified atom stereocenters. The zero-order valence-electron chi connectivity index (χ0n) is 16.2. The third-order valence-electron chi connectivity index (χ3n) is 5.10. The van der Waals surface area contributed by atoms with Gasteiger partial charge in [0.2, 0.25) is 0 Å². The molecule has 1 saturated heterocycles. The van der Waals surface area contributed by atoms with Crippen molar-refractivity contribution >= 4 is 17.5 Å². The van der Waals surface area contributed by atoms with Gasteiger partial charge < -0.3 is 15.2 Å². The first-order valence-corrected chi connectivity index (χ1v) is 10.0. The summed E-state index contributed by atoms with van der Waals surface area (Å²) in [5.41, 5.74) is 7.61. The molecular formula is C22H27ClN2O3. The second-order valence-corrected chi connectivity index (χ2v) is 7.56. The number of ether oxygens (including phenoxy) is 2. The van der Waals surface area contributed by atoms with Crippen LogP contribution < -0.4 is 15.2 Å². The van der Waals surface area contributed by atoms with Gasteiger partial charge in [0.1, 0.15) is 0 Å². The monoisotopic (exact) mass is 402 g/mol. The van der Waals surface area contributed by atoms with Gasteiger partial charge in [-0.2, -0.15) is 0 Å². The highest BCUT2D eigenvalue weighted by molar-refractivity contribution is 6.30. The number of nitrogens with zero attached hydrogens (tertiary/aromatic N) is 1. The van der Waals surface area contributed by atoms with Crippen LogP contribution in [0.5, 0.6) is 11.5 Å². The van der Waals surface area contributed by atoms with E-state index in [0.29, 0.717) is 17.5 Å². The van der Waals surface area contributed by atoms with Gasteiger partial charge in [-0.1, -0.05) is 42.6 Å². The Morgan fingerprint density at radius 3 is 2.64 bits per heavy atom. The van der Waals surface area contributed by atoms with Crippen LogP contribution in [0, 0.1) is 0 Å². The Bertz CT molecular complexity index is 795. The standard InChI is InChI=1S/C22H27ClN2O3/c1-27-21-13-16(6-11-20(21)28-15-22(24)26)14-25-12-4-2-3-5-19(25)17-7-9-18(23)10-8-17/h6-11,13,19H,2-5,12,14-15H2,1H3,(H2,24,26)/t19-/m0/s1. The number of amides is 1. The number of carbonyl (C=O) groups is 1. The minimum Gasteiger partial charge on any atom is -0.493 e. The van der Waals surface area contributed by atoms with Crippen molar-refractivity contribution in [1.29, 1.82) is 0 Å². The highest BCUT2D eigenvalue weighted by Crippen LogP contribution is 2.34. The molecular weight excluding hydrogens is 376 g/mol. The Kier molecular flexibility index (Phi) is 7.18. The number of primary amides is 1. The molecule has 2 aromatic rings. The summed E-state index contributed by atoms with van der Waals surface area (Å²) in [6.07, 6.45) is 4.82. The van der Waals surface area contributed by atoms with Crippen molar-refractivity contribution in [3.63, 3.8) is 0 Å². The van der Waals surface area contributed by atoms with Crippen LogP contribution in [-0.4, -0.2) is 31.1 Å². The average molecular weight is 403 g/mol. The zero-order chi connectivity index (χ0) is 19.9. The normalized spacial score (nSPS) is 17.7. The Labute approximate surface area is 171 Å². The molecule has 150 valence electrons. The fourth-order valence-electron chi connectivity index (χ4n) is 3.73. The Morgan fingerprint density at radius 2 is 1.93 bits per heavy atom. The minimum absolute atomic E-state index is 0.166. The fraction of sp³-hybridized carbons (Fsp3) is 0.409. The number of nitrogens with two attached hydrogens (primary N) is 1. The van der Waals surface area contributed by atoms with Gasteiger partial charge in [-0.15, -0.1) is 0 Å². The lowest BCUT2D eigenvalue weighted by molar-refractivity contribution is -0.119. The molecule has 0 aromatic heterocycles. The van der Waals surface area contributed by atoms with Crippen LogP contribution in [0.1, 0.15) is 42.9 Å². The van der Waals surface area contributed by atoms with Gasteiger partial charge in [-0.25, -0.2) is 0 Å². The molecule has 1 aliphatic heterocycles. The number of hydrogen-bond acceptors (Lipinski definition) is 4. The first-order valence-electron chi connectivity index (χ1n) is 9.64. The fourth-order valence-corrected chi connectivity index (χ4v) is 3.86. The first-order chi connectivity index (χ1) is 13.6. The molecule has 6 heteroatoms. The first kappa shape index (κ1) is 20.5. The summed E-state index contributed by atoms with van der Waals surface area (Å²) < 4.78 is 10.9. The van der Waals surface area contributed by atoms with Crippen LogP contribution >= 0.6 is 11.6 Å². The minimum atomic E-state index is -0.512. The van der Waals surface area contributed by atoms with Gasteiger partial charge in [0.15, 0.2) is 18.1 Å². The number of hydrogen-bond donors (Lipinski definition) is 1. The smallest absolute Gasteiger partial charge is 0.255 e. The molecule has 1 heterocycles. The number of rotatable bonds is 7. The van der Waals surface area contributed by atoms with Crippen molar-refractivity contribution < 1.29 is 14.3 Å². The van der Waals surface area contributed by atoms with E-state index in [2.05, 4.69) is 17.0 Å². The molecule has 2 N–H and O–H groups in total. The van der Waals surface area contributed by atoms with Gasteiger partial charge in [0.05, 0.1) is 7.11 Å². The Hall–Kier alpha value is -2.24. The molecule has 0 saturated carbocycles. The van der Waals surface area contributed by atoms with Gasteiger partial charge >= 0.3 is 0 Å². The third kappa shape index (κ3) is 5.40. The summed E-state index contributed by atoms with van der Waals surface area (Å²) in [5, 5.41) is 0.764. The summed E-state index contributed by atoms with van der Waals surface area (Å²) in [4.78, 5) is 13.5. The summed E-state index contributed by atoms with van der Waals surface area (Å²) >= 11 is 6.07. The molecule has 2 aromatic carbocycles. The van der Waals surface area contributed by atoms with E-state index >= 15 is 0 Å². The van der Waals surface area contributed by atoms with Gasteiger partial charge in [-0.05, 0) is 54.8 Å². The maximum atomic E-state index is 11.0. The lowest BCUT2D eigenvalue weighted by Gasteiger charge is -2.30. The highest BCUT2D eigenvalue weighted by Gasteiger charge is 2.23. The summed E-state index contributed by atoms with van der Waals surface area (Å²) in [6, 6.07) is 14.4. The van der Waals surface area contributed by atoms with Gasteiger partial charge in [0, 0.05) is 17.6 Å². The van der Waals surface area contributed by atoms with E-state index in [0.717, 1.165) is 30.1 Å². The molecule has 1 fully saturated rings. The predicted octanol–water partition coefficient (Wildman–Crippen LogP) is 4.33. The quantitative estimate of drug-likeness (QED) is 0.748. The number of methoxy groups -OCH3 is 1. The summed E-state index contributed by atoms with van der Waals surface area (Å²) in [5.74, 6) is 0.619. The molecule has 5 nitrogen and oxygen atoms in total. The van der Waals surface area contributed by atoms with Crippen LogP contribution in [-0.2, 0) is 11.3 Å². The molecule has 0 bridgehead atoms. The third-order valence-corrected chi connectivity index (χ3v) is 5.35.